The van der Waals surface area contributed by atoms with E-state index in [1.165, 1.54) is 12.6 Å². The average molecular weight is 318 g/mol. The van der Waals surface area contributed by atoms with Crippen LogP contribution in [0, 0.1) is 0 Å². The summed E-state index contributed by atoms with van der Waals surface area (Å²) in [6, 6.07) is 10.0. The Morgan fingerprint density at radius 2 is 1.96 bits per heavy atom. The maximum absolute atomic E-state index is 11.9. The van der Waals surface area contributed by atoms with E-state index in [9.17, 15) is 9.59 Å². The lowest BCUT2D eigenvalue weighted by Gasteiger charge is -2.35. The minimum Gasteiger partial charge on any atom is -0.353 e. The van der Waals surface area contributed by atoms with Gasteiger partial charge in [-0.1, -0.05) is 30.3 Å². The molecule has 23 heavy (non-hydrogen) atoms. The fraction of sp³-hybridized carbons (Fsp3) is 0.529. The molecule has 6 nitrogen and oxygen atoms in total. The van der Waals surface area contributed by atoms with E-state index in [4.69, 9.17) is 0 Å². The molecule has 1 aromatic rings. The second-order valence-electron chi connectivity index (χ2n) is 6.22. The van der Waals surface area contributed by atoms with Gasteiger partial charge in [-0.25, -0.2) is 4.79 Å². The van der Waals surface area contributed by atoms with Crippen molar-refractivity contribution in [2.24, 2.45) is 0 Å². The van der Waals surface area contributed by atoms with Gasteiger partial charge >= 0.3 is 6.03 Å². The van der Waals surface area contributed by atoms with Gasteiger partial charge in [0.25, 0.3) is 0 Å². The highest BCUT2D eigenvalue weighted by Crippen LogP contribution is 2.29. The first-order valence-corrected chi connectivity index (χ1v) is 8.05. The smallest absolute Gasteiger partial charge is 0.314 e. The first-order chi connectivity index (χ1) is 11.0. The van der Waals surface area contributed by atoms with Crippen LogP contribution >= 0.6 is 0 Å². The Bertz CT molecular complexity index is 535. The van der Waals surface area contributed by atoms with E-state index >= 15 is 0 Å². The molecule has 1 heterocycles. The average Bonchev–Trinajstić information content (AvgIpc) is 2.93. The van der Waals surface area contributed by atoms with Crippen LogP contribution in [0.5, 0.6) is 0 Å². The van der Waals surface area contributed by atoms with Gasteiger partial charge in [-0.2, -0.15) is 0 Å². The number of amides is 3. The zero-order valence-electron chi connectivity index (χ0n) is 13.9. The van der Waals surface area contributed by atoms with Gasteiger partial charge in [0.05, 0.1) is 6.54 Å². The van der Waals surface area contributed by atoms with E-state index in [1.54, 1.807) is 0 Å². The van der Waals surface area contributed by atoms with Crippen molar-refractivity contribution in [1.82, 2.24) is 20.9 Å². The molecule has 1 unspecified atom stereocenters. The van der Waals surface area contributed by atoms with Crippen molar-refractivity contribution < 1.29 is 9.59 Å². The van der Waals surface area contributed by atoms with Gasteiger partial charge in [0.15, 0.2) is 0 Å². The summed E-state index contributed by atoms with van der Waals surface area (Å²) in [6.45, 7) is 4.71. The van der Waals surface area contributed by atoms with E-state index in [-0.39, 0.29) is 24.0 Å². The summed E-state index contributed by atoms with van der Waals surface area (Å²) in [5, 5.41) is 7.85. The molecule has 0 aliphatic carbocycles. The molecule has 1 aliphatic heterocycles. The number of carbonyl (C=O) groups excluding carboxylic acids is 2. The Hall–Kier alpha value is -2.08. The molecular formula is C17H26N4O2. The number of carbonyl (C=O) groups is 2. The molecule has 0 bridgehead atoms. The highest BCUT2D eigenvalue weighted by atomic mass is 16.2. The molecule has 0 radical (unpaired) electrons. The van der Waals surface area contributed by atoms with E-state index in [0.29, 0.717) is 6.54 Å². The number of urea groups is 1. The highest BCUT2D eigenvalue weighted by molar-refractivity contribution is 5.83. The number of nitrogens with one attached hydrogen (secondary N) is 3. The van der Waals surface area contributed by atoms with Crippen LogP contribution in [0.3, 0.4) is 0 Å². The molecule has 0 saturated carbocycles. The summed E-state index contributed by atoms with van der Waals surface area (Å²) < 4.78 is 0. The number of likely N-dealkylation sites (tertiary alicyclic amines) is 1. The maximum Gasteiger partial charge on any atom is 0.314 e. The number of nitrogens with zero attached hydrogens (tertiary/aromatic N) is 1. The van der Waals surface area contributed by atoms with Crippen LogP contribution in [-0.4, -0.2) is 49.1 Å². The van der Waals surface area contributed by atoms with Crippen molar-refractivity contribution in [3.8, 4) is 0 Å². The third-order valence-electron chi connectivity index (χ3n) is 4.43. The fourth-order valence-electron chi connectivity index (χ4n) is 2.95. The number of rotatable bonds is 6. The predicted molar refractivity (Wildman–Crippen MR) is 90.0 cm³/mol. The van der Waals surface area contributed by atoms with Crippen molar-refractivity contribution in [3.63, 3.8) is 0 Å². The lowest BCUT2D eigenvalue weighted by Crippen LogP contribution is -2.51. The van der Waals surface area contributed by atoms with Crippen molar-refractivity contribution in [2.75, 3.05) is 26.7 Å². The second-order valence-corrected chi connectivity index (χ2v) is 6.22. The lowest BCUT2D eigenvalue weighted by atomic mass is 9.98. The molecule has 1 aromatic carbocycles. The van der Waals surface area contributed by atoms with Gasteiger partial charge in [0.2, 0.25) is 5.91 Å². The van der Waals surface area contributed by atoms with Gasteiger partial charge in [0.1, 0.15) is 0 Å². The number of hydrogen-bond donors (Lipinski definition) is 3. The molecule has 0 aromatic heterocycles. The quantitative estimate of drug-likeness (QED) is 0.735. The Labute approximate surface area is 137 Å². The van der Waals surface area contributed by atoms with E-state index in [0.717, 1.165) is 25.9 Å². The highest BCUT2D eigenvalue weighted by Gasteiger charge is 2.36. The minimum atomic E-state index is -0.349. The Morgan fingerprint density at radius 1 is 1.22 bits per heavy atom. The van der Waals surface area contributed by atoms with Gasteiger partial charge < -0.3 is 16.0 Å². The number of benzene rings is 1. The maximum atomic E-state index is 11.9. The van der Waals surface area contributed by atoms with E-state index < -0.39 is 0 Å². The lowest BCUT2D eigenvalue weighted by molar-refractivity contribution is -0.120. The summed E-state index contributed by atoms with van der Waals surface area (Å²) in [6.07, 6.45) is 2.19. The van der Waals surface area contributed by atoms with Crippen molar-refractivity contribution in [1.29, 1.82) is 0 Å². The third kappa shape index (κ3) is 4.96. The van der Waals surface area contributed by atoms with Gasteiger partial charge in [-0.15, -0.1) is 0 Å². The summed E-state index contributed by atoms with van der Waals surface area (Å²) in [5.74, 6) is -0.165. The Morgan fingerprint density at radius 3 is 2.65 bits per heavy atom. The van der Waals surface area contributed by atoms with Crippen molar-refractivity contribution in [3.05, 3.63) is 35.9 Å². The molecule has 3 amide bonds. The van der Waals surface area contributed by atoms with Crippen molar-refractivity contribution in [2.45, 2.75) is 31.8 Å². The number of hydrogen-bond acceptors (Lipinski definition) is 3. The zero-order valence-corrected chi connectivity index (χ0v) is 13.9. The first kappa shape index (κ1) is 17.3. The first-order valence-electron chi connectivity index (χ1n) is 8.05. The molecule has 2 rings (SSSR count). The minimum absolute atomic E-state index is 0.00552. The van der Waals surface area contributed by atoms with Crippen LogP contribution in [0.1, 0.15) is 25.3 Å². The Kier molecular flexibility index (Phi) is 5.98. The monoisotopic (exact) mass is 318 g/mol. The van der Waals surface area contributed by atoms with Crippen LogP contribution in [0.4, 0.5) is 4.79 Å². The summed E-state index contributed by atoms with van der Waals surface area (Å²) in [4.78, 5) is 25.4. The van der Waals surface area contributed by atoms with Crippen LogP contribution in [0.25, 0.3) is 0 Å². The summed E-state index contributed by atoms with van der Waals surface area (Å²) >= 11 is 0. The van der Waals surface area contributed by atoms with Gasteiger partial charge in [0, 0.05) is 25.7 Å². The third-order valence-corrected chi connectivity index (χ3v) is 4.43. The molecule has 1 fully saturated rings. The van der Waals surface area contributed by atoms with Crippen LogP contribution in [-0.2, 0) is 11.3 Å². The van der Waals surface area contributed by atoms with Crippen LogP contribution in [0.2, 0.25) is 0 Å². The molecule has 1 saturated heterocycles. The molecule has 126 valence electrons. The van der Waals surface area contributed by atoms with Crippen LogP contribution < -0.4 is 16.0 Å². The molecule has 0 spiro atoms. The topological polar surface area (TPSA) is 73.5 Å². The summed E-state index contributed by atoms with van der Waals surface area (Å²) in [7, 11) is 1.52. The molecule has 6 heteroatoms. The largest absolute Gasteiger partial charge is 0.353 e. The van der Waals surface area contributed by atoms with E-state index in [2.05, 4.69) is 52.0 Å². The van der Waals surface area contributed by atoms with Crippen LogP contribution in [0.15, 0.2) is 30.3 Å². The SMILES string of the molecule is CNC(=O)NCC(=O)NCC1(C)CCCN1Cc1ccccc1. The zero-order chi connectivity index (χ0) is 16.7. The fourth-order valence-corrected chi connectivity index (χ4v) is 2.95. The molecule has 1 aliphatic rings. The second kappa shape index (κ2) is 7.97. The van der Waals surface area contributed by atoms with E-state index in [1.807, 2.05) is 6.07 Å². The molecule has 1 atom stereocenters. The normalized spacial score (nSPS) is 21.0. The molecule has 3 N–H and O–H groups in total. The van der Waals surface area contributed by atoms with Gasteiger partial charge in [-0.05, 0) is 31.9 Å². The van der Waals surface area contributed by atoms with Crippen molar-refractivity contribution >= 4 is 11.9 Å². The molecular weight excluding hydrogens is 292 g/mol. The van der Waals surface area contributed by atoms with Gasteiger partial charge in [-0.3, -0.25) is 9.69 Å². The Balaban J connectivity index is 1.84. The predicted octanol–water partition coefficient (Wildman–Crippen LogP) is 1.09. The summed E-state index contributed by atoms with van der Waals surface area (Å²) in [5.41, 5.74) is 1.24. The standard InChI is InChI=1S/C17H26N4O2/c1-17(13-20-15(22)11-19-16(23)18-2)9-6-10-21(17)12-14-7-4-3-5-8-14/h3-5,7-8H,6,9-13H2,1-2H3,(H,20,22)(H2,18,19,23).